The molecule has 10 heteroatoms. The Balaban J connectivity index is 2.05. The molecule has 1 unspecified atom stereocenters. The van der Waals surface area contributed by atoms with E-state index in [1.54, 1.807) is 0 Å². The second-order valence-corrected chi connectivity index (χ2v) is 6.26. The van der Waals surface area contributed by atoms with Crippen LogP contribution in [0.15, 0.2) is 4.63 Å². The second kappa shape index (κ2) is 5.13. The number of carbonyl (C=O) groups is 1. The molecule has 106 valence electrons. The maximum atomic E-state index is 12.1. The van der Waals surface area contributed by atoms with Gasteiger partial charge in [0.2, 0.25) is 21.5 Å². The molecule has 1 atom stereocenters. The third-order valence-electron chi connectivity index (χ3n) is 2.81. The van der Waals surface area contributed by atoms with Crippen molar-refractivity contribution in [3.05, 3.63) is 5.69 Å². The zero-order valence-corrected chi connectivity index (χ0v) is 11.2. The molecule has 1 amide bonds. The lowest BCUT2D eigenvalue weighted by atomic mass is 10.1. The standard InChI is InChI=1S/C9H15N5O4S/c1-19(16,17)13-6-3-2-4-14(5-6)9(15)7-8(10)12-18-11-7/h6,13H,2-5H2,1H3,(H2,10,12). The molecule has 1 aromatic heterocycles. The largest absolute Gasteiger partial charge is 0.379 e. The van der Waals surface area contributed by atoms with Crippen molar-refractivity contribution in [3.8, 4) is 0 Å². The maximum Gasteiger partial charge on any atom is 0.280 e. The molecule has 1 fully saturated rings. The fourth-order valence-electron chi connectivity index (χ4n) is 2.05. The van der Waals surface area contributed by atoms with Gasteiger partial charge in [0, 0.05) is 19.1 Å². The monoisotopic (exact) mass is 289 g/mol. The number of aromatic nitrogens is 2. The summed E-state index contributed by atoms with van der Waals surface area (Å²) >= 11 is 0. The van der Waals surface area contributed by atoms with Crippen molar-refractivity contribution in [1.29, 1.82) is 0 Å². The molecule has 3 N–H and O–H groups in total. The zero-order valence-electron chi connectivity index (χ0n) is 10.4. The molecule has 2 heterocycles. The highest BCUT2D eigenvalue weighted by Gasteiger charge is 2.29. The van der Waals surface area contributed by atoms with E-state index in [0.717, 1.165) is 6.26 Å². The maximum absolute atomic E-state index is 12.1. The molecule has 1 aliphatic rings. The van der Waals surface area contributed by atoms with Gasteiger partial charge in [0.15, 0.2) is 0 Å². The molecule has 0 saturated carbocycles. The first-order valence-corrected chi connectivity index (χ1v) is 7.60. The van der Waals surface area contributed by atoms with Crippen molar-refractivity contribution in [2.45, 2.75) is 18.9 Å². The quantitative estimate of drug-likeness (QED) is 0.714. The Hall–Kier alpha value is -1.68. The summed E-state index contributed by atoms with van der Waals surface area (Å²) in [6.45, 7) is 0.797. The molecule has 1 aliphatic heterocycles. The van der Waals surface area contributed by atoms with Crippen LogP contribution >= 0.6 is 0 Å². The average molecular weight is 289 g/mol. The summed E-state index contributed by atoms with van der Waals surface area (Å²) in [7, 11) is -3.29. The van der Waals surface area contributed by atoms with Crippen molar-refractivity contribution in [2.75, 3.05) is 25.1 Å². The highest BCUT2D eigenvalue weighted by molar-refractivity contribution is 7.88. The van der Waals surface area contributed by atoms with Crippen LogP contribution in [0.1, 0.15) is 23.3 Å². The summed E-state index contributed by atoms with van der Waals surface area (Å²) in [6.07, 6.45) is 2.47. The third kappa shape index (κ3) is 3.41. The minimum atomic E-state index is -3.29. The van der Waals surface area contributed by atoms with E-state index in [2.05, 4.69) is 19.7 Å². The summed E-state index contributed by atoms with van der Waals surface area (Å²) < 4.78 is 29.2. The van der Waals surface area contributed by atoms with Gasteiger partial charge in [0.25, 0.3) is 5.91 Å². The first kappa shape index (κ1) is 13.7. The van der Waals surface area contributed by atoms with Crippen molar-refractivity contribution < 1.29 is 17.8 Å². The Kier molecular flexibility index (Phi) is 3.71. The smallest absolute Gasteiger partial charge is 0.280 e. The number of sulfonamides is 1. The number of amides is 1. The average Bonchev–Trinajstić information content (AvgIpc) is 2.72. The van der Waals surface area contributed by atoms with E-state index in [9.17, 15) is 13.2 Å². The Bertz CT molecular complexity index is 569. The number of nitrogens with two attached hydrogens (primary N) is 1. The highest BCUT2D eigenvalue weighted by atomic mass is 32.2. The molecular formula is C9H15N5O4S. The molecule has 0 spiro atoms. The van der Waals surface area contributed by atoms with Gasteiger partial charge in [0.05, 0.1) is 6.26 Å². The molecule has 0 aliphatic carbocycles. The van der Waals surface area contributed by atoms with Gasteiger partial charge in [-0.3, -0.25) is 4.79 Å². The van der Waals surface area contributed by atoms with Gasteiger partial charge in [-0.05, 0) is 23.2 Å². The number of piperidine rings is 1. The number of nitrogens with zero attached hydrogens (tertiary/aromatic N) is 3. The van der Waals surface area contributed by atoms with E-state index in [0.29, 0.717) is 19.4 Å². The van der Waals surface area contributed by atoms with E-state index in [4.69, 9.17) is 5.73 Å². The van der Waals surface area contributed by atoms with E-state index in [-0.39, 0.29) is 24.1 Å². The molecule has 0 radical (unpaired) electrons. The van der Waals surface area contributed by atoms with Gasteiger partial charge in [-0.15, -0.1) is 0 Å². The lowest BCUT2D eigenvalue weighted by Gasteiger charge is -2.32. The second-order valence-electron chi connectivity index (χ2n) is 4.48. The predicted octanol–water partition coefficient (Wildman–Crippen LogP) is -1.19. The number of likely N-dealkylation sites (tertiary alicyclic amines) is 1. The van der Waals surface area contributed by atoms with Gasteiger partial charge in [-0.2, -0.15) is 0 Å². The van der Waals surface area contributed by atoms with Gasteiger partial charge in [-0.25, -0.2) is 17.8 Å². The van der Waals surface area contributed by atoms with E-state index < -0.39 is 15.9 Å². The Morgan fingerprint density at radius 1 is 1.53 bits per heavy atom. The van der Waals surface area contributed by atoms with Crippen molar-refractivity contribution in [1.82, 2.24) is 19.9 Å². The van der Waals surface area contributed by atoms with Crippen LogP contribution in [0.4, 0.5) is 5.82 Å². The first-order valence-electron chi connectivity index (χ1n) is 5.71. The van der Waals surface area contributed by atoms with Crippen molar-refractivity contribution in [3.63, 3.8) is 0 Å². The summed E-state index contributed by atoms with van der Waals surface area (Å²) in [5, 5.41) is 6.79. The fourth-order valence-corrected chi connectivity index (χ4v) is 2.85. The number of nitrogen functional groups attached to an aromatic ring is 1. The van der Waals surface area contributed by atoms with E-state index in [1.807, 2.05) is 0 Å². The molecule has 1 aromatic rings. The molecule has 0 aromatic carbocycles. The summed E-state index contributed by atoms with van der Waals surface area (Å²) in [6, 6.07) is -0.297. The van der Waals surface area contributed by atoms with E-state index >= 15 is 0 Å². The Labute approximate surface area is 110 Å². The summed E-state index contributed by atoms with van der Waals surface area (Å²) in [5.41, 5.74) is 5.42. The number of hydrogen-bond donors (Lipinski definition) is 2. The minimum absolute atomic E-state index is 0.0417. The van der Waals surface area contributed by atoms with Crippen LogP contribution in [-0.4, -0.2) is 54.9 Å². The number of carbonyl (C=O) groups excluding carboxylic acids is 1. The minimum Gasteiger partial charge on any atom is -0.379 e. The molecule has 9 nitrogen and oxygen atoms in total. The topological polar surface area (TPSA) is 131 Å². The first-order chi connectivity index (χ1) is 8.87. The summed E-state index contributed by atoms with van der Waals surface area (Å²) in [4.78, 5) is 13.6. The van der Waals surface area contributed by atoms with Crippen LogP contribution < -0.4 is 10.5 Å². The zero-order chi connectivity index (χ0) is 14.0. The third-order valence-corrected chi connectivity index (χ3v) is 3.57. The summed E-state index contributed by atoms with van der Waals surface area (Å²) in [5.74, 6) is -0.470. The van der Waals surface area contributed by atoms with Crippen LogP contribution in [-0.2, 0) is 10.0 Å². The van der Waals surface area contributed by atoms with Crippen LogP contribution in [0.3, 0.4) is 0 Å². The number of hydrogen-bond acceptors (Lipinski definition) is 7. The van der Waals surface area contributed by atoms with Crippen LogP contribution in [0.25, 0.3) is 0 Å². The van der Waals surface area contributed by atoms with Gasteiger partial charge >= 0.3 is 0 Å². The molecule has 1 saturated heterocycles. The molecule has 19 heavy (non-hydrogen) atoms. The lowest BCUT2D eigenvalue weighted by Crippen LogP contribution is -2.49. The number of nitrogens with one attached hydrogen (secondary N) is 1. The SMILES string of the molecule is CS(=O)(=O)NC1CCCN(C(=O)c2nonc2N)C1. The Morgan fingerprint density at radius 3 is 2.84 bits per heavy atom. The molecular weight excluding hydrogens is 274 g/mol. The van der Waals surface area contributed by atoms with Crippen LogP contribution in [0, 0.1) is 0 Å². The van der Waals surface area contributed by atoms with Crippen molar-refractivity contribution >= 4 is 21.7 Å². The number of rotatable bonds is 3. The lowest BCUT2D eigenvalue weighted by molar-refractivity contribution is 0.0692. The van der Waals surface area contributed by atoms with Gasteiger partial charge in [0.1, 0.15) is 0 Å². The van der Waals surface area contributed by atoms with Crippen molar-refractivity contribution in [2.24, 2.45) is 0 Å². The fraction of sp³-hybridized carbons (Fsp3) is 0.667. The van der Waals surface area contributed by atoms with E-state index in [1.165, 1.54) is 4.90 Å². The number of anilines is 1. The van der Waals surface area contributed by atoms with Crippen LogP contribution in [0.2, 0.25) is 0 Å². The Morgan fingerprint density at radius 2 is 2.26 bits per heavy atom. The van der Waals surface area contributed by atoms with Gasteiger partial charge < -0.3 is 10.6 Å². The molecule has 2 rings (SSSR count). The van der Waals surface area contributed by atoms with Crippen LogP contribution in [0.5, 0.6) is 0 Å². The normalized spacial score (nSPS) is 20.5. The predicted molar refractivity (Wildman–Crippen MR) is 65.6 cm³/mol. The molecule has 0 bridgehead atoms. The highest BCUT2D eigenvalue weighted by Crippen LogP contribution is 2.15. The van der Waals surface area contributed by atoms with Gasteiger partial charge in [-0.1, -0.05) is 0 Å².